The van der Waals surface area contributed by atoms with Crippen molar-refractivity contribution in [2.45, 2.75) is 32.9 Å². The predicted octanol–water partition coefficient (Wildman–Crippen LogP) is 3.08. The first-order valence-corrected chi connectivity index (χ1v) is 8.06. The molecule has 5 heteroatoms. The second-order valence-corrected chi connectivity index (χ2v) is 5.58. The van der Waals surface area contributed by atoms with E-state index >= 15 is 0 Å². The van der Waals surface area contributed by atoms with Crippen LogP contribution in [-0.4, -0.2) is 18.0 Å². The Morgan fingerprint density at radius 1 is 1.00 bits per heavy atom. The van der Waals surface area contributed by atoms with Gasteiger partial charge in [0.2, 0.25) is 5.91 Å². The van der Waals surface area contributed by atoms with E-state index in [0.717, 1.165) is 17.7 Å². The molecule has 0 bridgehead atoms. The van der Waals surface area contributed by atoms with Crippen molar-refractivity contribution in [3.63, 3.8) is 0 Å². The van der Waals surface area contributed by atoms with Gasteiger partial charge in [-0.2, -0.15) is 0 Å². The van der Waals surface area contributed by atoms with Gasteiger partial charge in [-0.25, -0.2) is 4.79 Å². The Bertz CT molecular complexity index is 686. The predicted molar refractivity (Wildman–Crippen MR) is 95.7 cm³/mol. The van der Waals surface area contributed by atoms with Crippen molar-refractivity contribution >= 4 is 17.6 Å². The molecule has 24 heavy (non-hydrogen) atoms. The van der Waals surface area contributed by atoms with E-state index in [-0.39, 0.29) is 5.91 Å². The lowest BCUT2D eigenvalue weighted by Crippen LogP contribution is -2.45. The monoisotopic (exact) mass is 325 g/mol. The molecule has 2 aromatic carbocycles. The van der Waals surface area contributed by atoms with E-state index in [2.05, 4.69) is 22.9 Å². The molecule has 3 N–H and O–H groups in total. The maximum atomic E-state index is 12.1. The molecule has 2 aromatic rings. The highest BCUT2D eigenvalue weighted by molar-refractivity contribution is 5.97. The van der Waals surface area contributed by atoms with Crippen molar-refractivity contribution in [3.8, 4) is 0 Å². The molecular weight excluding hydrogens is 302 g/mol. The first-order valence-electron chi connectivity index (χ1n) is 8.06. The van der Waals surface area contributed by atoms with E-state index in [4.69, 9.17) is 0 Å². The van der Waals surface area contributed by atoms with E-state index in [1.54, 1.807) is 6.92 Å². The Balaban J connectivity index is 1.81. The van der Waals surface area contributed by atoms with E-state index < -0.39 is 12.1 Å². The number of rotatable bonds is 6. The van der Waals surface area contributed by atoms with Crippen molar-refractivity contribution in [1.29, 1.82) is 0 Å². The lowest BCUT2D eigenvalue weighted by molar-refractivity contribution is -0.120. The molecule has 0 saturated carbocycles. The van der Waals surface area contributed by atoms with Crippen molar-refractivity contribution in [2.24, 2.45) is 0 Å². The number of imide groups is 1. The number of anilines is 1. The van der Waals surface area contributed by atoms with Crippen LogP contribution in [0.2, 0.25) is 0 Å². The first-order chi connectivity index (χ1) is 11.6. The third-order valence-electron chi connectivity index (χ3n) is 3.64. The minimum absolute atomic E-state index is 0.373. The number of urea groups is 1. The zero-order valence-corrected chi connectivity index (χ0v) is 14.0. The van der Waals surface area contributed by atoms with Gasteiger partial charge in [0, 0.05) is 12.2 Å². The fourth-order valence-corrected chi connectivity index (χ4v) is 2.24. The van der Waals surface area contributed by atoms with Crippen LogP contribution in [0.3, 0.4) is 0 Å². The van der Waals surface area contributed by atoms with Crippen molar-refractivity contribution in [3.05, 3.63) is 65.7 Å². The largest absolute Gasteiger partial charge is 0.374 e. The van der Waals surface area contributed by atoms with Crippen molar-refractivity contribution in [1.82, 2.24) is 10.6 Å². The summed E-state index contributed by atoms with van der Waals surface area (Å²) in [6.45, 7) is 4.17. The Morgan fingerprint density at radius 2 is 1.71 bits per heavy atom. The van der Waals surface area contributed by atoms with Gasteiger partial charge in [-0.1, -0.05) is 49.4 Å². The van der Waals surface area contributed by atoms with E-state index in [9.17, 15) is 9.59 Å². The molecule has 0 saturated heterocycles. The van der Waals surface area contributed by atoms with Crippen LogP contribution in [0.15, 0.2) is 54.6 Å². The Labute approximate surface area is 142 Å². The molecule has 3 amide bonds. The standard InChI is InChI=1S/C19H23N3O2/c1-3-15-10-7-11-17(12-15)21-14(2)18(23)22-19(24)20-13-16-8-5-4-6-9-16/h4-12,14,21H,3,13H2,1-2H3,(H2,20,22,23,24). The van der Waals surface area contributed by atoms with Crippen LogP contribution in [0.5, 0.6) is 0 Å². The Morgan fingerprint density at radius 3 is 2.42 bits per heavy atom. The minimum atomic E-state index is -0.514. The Kier molecular flexibility index (Phi) is 6.37. The van der Waals surface area contributed by atoms with Crippen LogP contribution >= 0.6 is 0 Å². The number of amides is 3. The summed E-state index contributed by atoms with van der Waals surface area (Å²) in [4.78, 5) is 23.9. The lowest BCUT2D eigenvalue weighted by atomic mass is 10.1. The number of carbonyl (C=O) groups is 2. The third-order valence-corrected chi connectivity index (χ3v) is 3.64. The van der Waals surface area contributed by atoms with Gasteiger partial charge in [0.25, 0.3) is 0 Å². The molecule has 0 heterocycles. The molecule has 5 nitrogen and oxygen atoms in total. The quantitative estimate of drug-likeness (QED) is 0.764. The normalized spacial score (nSPS) is 11.4. The first kappa shape index (κ1) is 17.5. The zero-order valence-electron chi connectivity index (χ0n) is 14.0. The second kappa shape index (κ2) is 8.72. The molecule has 126 valence electrons. The number of carbonyl (C=O) groups excluding carboxylic acids is 2. The third kappa shape index (κ3) is 5.43. The van der Waals surface area contributed by atoms with Gasteiger partial charge in [-0.05, 0) is 36.6 Å². The lowest BCUT2D eigenvalue weighted by Gasteiger charge is -2.15. The summed E-state index contributed by atoms with van der Waals surface area (Å²) in [5.41, 5.74) is 3.03. The van der Waals surface area contributed by atoms with Crippen LogP contribution in [0.4, 0.5) is 10.5 Å². The molecule has 0 radical (unpaired) electrons. The average molecular weight is 325 g/mol. The molecule has 0 aliphatic rings. The van der Waals surface area contributed by atoms with Gasteiger partial charge in [0.05, 0.1) is 0 Å². The summed E-state index contributed by atoms with van der Waals surface area (Å²) in [5.74, 6) is -0.373. The summed E-state index contributed by atoms with van der Waals surface area (Å²) < 4.78 is 0. The maximum Gasteiger partial charge on any atom is 0.321 e. The smallest absolute Gasteiger partial charge is 0.321 e. The number of aryl methyl sites for hydroxylation is 1. The molecule has 1 atom stereocenters. The highest BCUT2D eigenvalue weighted by atomic mass is 16.2. The topological polar surface area (TPSA) is 70.2 Å². The minimum Gasteiger partial charge on any atom is -0.374 e. The summed E-state index contributed by atoms with van der Waals surface area (Å²) >= 11 is 0. The number of hydrogen-bond acceptors (Lipinski definition) is 3. The van der Waals surface area contributed by atoms with Crippen LogP contribution in [0, 0.1) is 0 Å². The molecule has 0 aliphatic heterocycles. The summed E-state index contributed by atoms with van der Waals surface area (Å²) in [7, 11) is 0. The molecule has 2 rings (SSSR count). The van der Waals surface area contributed by atoms with Gasteiger partial charge >= 0.3 is 6.03 Å². The van der Waals surface area contributed by atoms with E-state index in [1.165, 1.54) is 5.56 Å². The van der Waals surface area contributed by atoms with Crippen LogP contribution < -0.4 is 16.0 Å². The molecule has 0 spiro atoms. The maximum absolute atomic E-state index is 12.1. The average Bonchev–Trinajstić information content (AvgIpc) is 2.61. The summed E-state index contributed by atoms with van der Waals surface area (Å²) in [6, 6.07) is 16.4. The van der Waals surface area contributed by atoms with Gasteiger partial charge in [-0.3, -0.25) is 10.1 Å². The number of nitrogens with one attached hydrogen (secondary N) is 3. The fraction of sp³-hybridized carbons (Fsp3) is 0.263. The van der Waals surface area contributed by atoms with E-state index in [1.807, 2.05) is 54.6 Å². The zero-order chi connectivity index (χ0) is 17.4. The van der Waals surface area contributed by atoms with Gasteiger partial charge in [0.15, 0.2) is 0 Å². The highest BCUT2D eigenvalue weighted by Crippen LogP contribution is 2.12. The second-order valence-electron chi connectivity index (χ2n) is 5.58. The fourth-order valence-electron chi connectivity index (χ4n) is 2.24. The van der Waals surface area contributed by atoms with E-state index in [0.29, 0.717) is 6.54 Å². The van der Waals surface area contributed by atoms with Crippen molar-refractivity contribution < 1.29 is 9.59 Å². The van der Waals surface area contributed by atoms with Gasteiger partial charge < -0.3 is 10.6 Å². The molecule has 0 fully saturated rings. The van der Waals surface area contributed by atoms with Crippen LogP contribution in [0.1, 0.15) is 25.0 Å². The molecule has 0 aliphatic carbocycles. The molecular formula is C19H23N3O2. The highest BCUT2D eigenvalue weighted by Gasteiger charge is 2.15. The molecule has 1 unspecified atom stereocenters. The number of hydrogen-bond donors (Lipinski definition) is 3. The SMILES string of the molecule is CCc1cccc(NC(C)C(=O)NC(=O)NCc2ccccc2)c1. The molecule has 0 aromatic heterocycles. The number of benzene rings is 2. The van der Waals surface area contributed by atoms with Crippen LogP contribution in [0.25, 0.3) is 0 Å². The Hall–Kier alpha value is -2.82. The van der Waals surface area contributed by atoms with Crippen molar-refractivity contribution in [2.75, 3.05) is 5.32 Å². The van der Waals surface area contributed by atoms with Crippen LogP contribution in [-0.2, 0) is 17.8 Å². The van der Waals surface area contributed by atoms with Gasteiger partial charge in [-0.15, -0.1) is 0 Å². The van der Waals surface area contributed by atoms with Gasteiger partial charge in [0.1, 0.15) is 6.04 Å². The summed E-state index contributed by atoms with van der Waals surface area (Å²) in [5, 5.41) is 8.12. The summed E-state index contributed by atoms with van der Waals surface area (Å²) in [6.07, 6.45) is 0.929.